The Morgan fingerprint density at radius 3 is 2.65 bits per heavy atom. The lowest BCUT2D eigenvalue weighted by atomic mass is 10.2. The number of carboxylic acids is 1. The highest BCUT2D eigenvalue weighted by atomic mass is 16.4. The first-order valence-electron chi connectivity index (χ1n) is 4.88. The second-order valence-electron chi connectivity index (χ2n) is 3.49. The van der Waals surface area contributed by atoms with Gasteiger partial charge in [0.2, 0.25) is 5.76 Å². The number of para-hydroxylation sites is 1. The maximum absolute atomic E-state index is 10.4. The molecule has 17 heavy (non-hydrogen) atoms. The van der Waals surface area contributed by atoms with Crippen molar-refractivity contribution in [3.63, 3.8) is 0 Å². The average molecular weight is 234 g/mol. The number of benzene rings is 1. The summed E-state index contributed by atoms with van der Waals surface area (Å²) in [4.78, 5) is 10.4. The van der Waals surface area contributed by atoms with Gasteiger partial charge in [-0.3, -0.25) is 0 Å². The SMILES string of the molecule is O=C(O)/C(O)=C\C(O)c1cc2ccccc2o1. The van der Waals surface area contributed by atoms with E-state index in [0.717, 1.165) is 11.5 Å². The summed E-state index contributed by atoms with van der Waals surface area (Å²) in [5.41, 5.74) is 0.588. The predicted octanol–water partition coefficient (Wildman–Crippen LogP) is 1.99. The van der Waals surface area contributed by atoms with E-state index in [0.29, 0.717) is 5.58 Å². The molecule has 0 saturated carbocycles. The van der Waals surface area contributed by atoms with Gasteiger partial charge in [-0.05, 0) is 12.1 Å². The van der Waals surface area contributed by atoms with Gasteiger partial charge in [0.1, 0.15) is 17.4 Å². The predicted molar refractivity (Wildman–Crippen MR) is 59.5 cm³/mol. The van der Waals surface area contributed by atoms with Crippen molar-refractivity contribution in [2.75, 3.05) is 0 Å². The first-order valence-corrected chi connectivity index (χ1v) is 4.88. The number of aliphatic hydroxyl groups is 2. The van der Waals surface area contributed by atoms with Gasteiger partial charge < -0.3 is 19.7 Å². The van der Waals surface area contributed by atoms with Crippen LogP contribution in [0.2, 0.25) is 0 Å². The van der Waals surface area contributed by atoms with Gasteiger partial charge in [0.15, 0.2) is 0 Å². The minimum absolute atomic E-state index is 0.180. The van der Waals surface area contributed by atoms with Gasteiger partial charge in [-0.1, -0.05) is 18.2 Å². The number of hydrogen-bond acceptors (Lipinski definition) is 4. The Kier molecular flexibility index (Phi) is 2.84. The molecule has 0 spiro atoms. The molecule has 0 saturated heterocycles. The third-order valence-corrected chi connectivity index (χ3v) is 2.27. The van der Waals surface area contributed by atoms with Gasteiger partial charge in [-0.2, -0.15) is 0 Å². The molecule has 5 nitrogen and oxygen atoms in total. The molecule has 1 aromatic heterocycles. The minimum atomic E-state index is -1.50. The fourth-order valence-electron chi connectivity index (χ4n) is 1.45. The van der Waals surface area contributed by atoms with Crippen LogP contribution in [0.15, 0.2) is 46.6 Å². The fourth-order valence-corrected chi connectivity index (χ4v) is 1.45. The average Bonchev–Trinajstić information content (AvgIpc) is 2.72. The Morgan fingerprint density at radius 1 is 1.29 bits per heavy atom. The summed E-state index contributed by atoms with van der Waals surface area (Å²) in [6, 6.07) is 8.72. The van der Waals surface area contributed by atoms with E-state index in [1.807, 2.05) is 6.07 Å². The molecule has 0 aliphatic rings. The van der Waals surface area contributed by atoms with Gasteiger partial charge >= 0.3 is 5.97 Å². The summed E-state index contributed by atoms with van der Waals surface area (Å²) in [6.45, 7) is 0. The Bertz CT molecular complexity index is 548. The Morgan fingerprint density at radius 2 is 2.00 bits per heavy atom. The molecule has 2 rings (SSSR count). The quantitative estimate of drug-likeness (QED) is 0.558. The Labute approximate surface area is 96.2 Å². The Balaban J connectivity index is 2.34. The third-order valence-electron chi connectivity index (χ3n) is 2.27. The molecule has 5 heteroatoms. The molecular weight excluding hydrogens is 224 g/mol. The van der Waals surface area contributed by atoms with Crippen LogP contribution in [0.4, 0.5) is 0 Å². The van der Waals surface area contributed by atoms with Crippen molar-refractivity contribution in [1.29, 1.82) is 0 Å². The number of aliphatic carboxylic acids is 1. The van der Waals surface area contributed by atoms with E-state index in [2.05, 4.69) is 0 Å². The van der Waals surface area contributed by atoms with Gasteiger partial charge in [0, 0.05) is 11.5 Å². The number of fused-ring (bicyclic) bond motifs is 1. The molecule has 1 unspecified atom stereocenters. The van der Waals surface area contributed by atoms with Crippen LogP contribution < -0.4 is 0 Å². The van der Waals surface area contributed by atoms with Crippen LogP contribution in [0, 0.1) is 0 Å². The van der Waals surface area contributed by atoms with Crippen molar-refractivity contribution in [3.8, 4) is 0 Å². The molecule has 1 aromatic carbocycles. The molecule has 1 heterocycles. The number of hydrogen-bond donors (Lipinski definition) is 3. The Hall–Kier alpha value is -2.27. The standard InChI is InChI=1S/C12H10O5/c13-8(6-9(14)12(15)16)11-5-7-3-1-2-4-10(7)17-11/h1-6,8,13-14H,(H,15,16)/b9-6+. The lowest BCUT2D eigenvalue weighted by molar-refractivity contribution is -0.135. The number of rotatable bonds is 3. The number of furan rings is 1. The minimum Gasteiger partial charge on any atom is -0.502 e. The largest absolute Gasteiger partial charge is 0.502 e. The van der Waals surface area contributed by atoms with Crippen molar-refractivity contribution in [2.24, 2.45) is 0 Å². The molecule has 88 valence electrons. The smallest absolute Gasteiger partial charge is 0.370 e. The van der Waals surface area contributed by atoms with Crippen molar-refractivity contribution in [1.82, 2.24) is 0 Å². The van der Waals surface area contributed by atoms with Crippen LogP contribution >= 0.6 is 0 Å². The molecule has 1 atom stereocenters. The topological polar surface area (TPSA) is 90.9 Å². The van der Waals surface area contributed by atoms with E-state index in [9.17, 15) is 9.90 Å². The zero-order chi connectivity index (χ0) is 12.4. The second-order valence-corrected chi connectivity index (χ2v) is 3.49. The number of aliphatic hydroxyl groups excluding tert-OH is 2. The molecule has 0 radical (unpaired) electrons. The van der Waals surface area contributed by atoms with Crippen LogP contribution in [0.5, 0.6) is 0 Å². The fraction of sp³-hybridized carbons (Fsp3) is 0.0833. The van der Waals surface area contributed by atoms with E-state index in [1.54, 1.807) is 24.3 Å². The lowest BCUT2D eigenvalue weighted by Gasteiger charge is -2.00. The summed E-state index contributed by atoms with van der Waals surface area (Å²) in [6.07, 6.45) is -0.487. The third kappa shape index (κ3) is 2.29. The summed E-state index contributed by atoms with van der Waals surface area (Å²) in [5.74, 6) is -2.24. The normalized spacial score (nSPS) is 13.8. The summed E-state index contributed by atoms with van der Waals surface area (Å²) < 4.78 is 5.31. The van der Waals surface area contributed by atoms with Crippen molar-refractivity contribution in [2.45, 2.75) is 6.10 Å². The number of carbonyl (C=O) groups is 1. The lowest BCUT2D eigenvalue weighted by Crippen LogP contribution is -2.02. The van der Waals surface area contributed by atoms with Gasteiger partial charge in [-0.15, -0.1) is 0 Å². The molecule has 3 N–H and O–H groups in total. The van der Waals surface area contributed by atoms with Gasteiger partial charge in [0.05, 0.1) is 0 Å². The van der Waals surface area contributed by atoms with Crippen LogP contribution in [0.25, 0.3) is 11.0 Å². The molecular formula is C12H10O5. The van der Waals surface area contributed by atoms with Crippen molar-refractivity contribution in [3.05, 3.63) is 47.9 Å². The van der Waals surface area contributed by atoms with E-state index >= 15 is 0 Å². The van der Waals surface area contributed by atoms with Crippen molar-refractivity contribution < 1.29 is 24.5 Å². The van der Waals surface area contributed by atoms with Crippen molar-refractivity contribution >= 4 is 16.9 Å². The van der Waals surface area contributed by atoms with E-state index in [4.69, 9.17) is 14.6 Å². The van der Waals surface area contributed by atoms with E-state index in [-0.39, 0.29) is 5.76 Å². The molecule has 0 aliphatic carbocycles. The summed E-state index contributed by atoms with van der Waals surface area (Å²) in [7, 11) is 0. The highest BCUT2D eigenvalue weighted by Crippen LogP contribution is 2.24. The first kappa shape index (κ1) is 11.2. The monoisotopic (exact) mass is 234 g/mol. The van der Waals surface area contributed by atoms with E-state index < -0.39 is 17.8 Å². The van der Waals surface area contributed by atoms with Gasteiger partial charge in [-0.25, -0.2) is 4.79 Å². The van der Waals surface area contributed by atoms with Gasteiger partial charge in [0.25, 0.3) is 0 Å². The zero-order valence-electron chi connectivity index (χ0n) is 8.70. The molecule has 0 bridgehead atoms. The van der Waals surface area contributed by atoms with Crippen LogP contribution in [-0.4, -0.2) is 21.3 Å². The summed E-state index contributed by atoms with van der Waals surface area (Å²) in [5, 5.41) is 27.9. The first-order chi connectivity index (χ1) is 8.08. The molecule has 0 aliphatic heterocycles. The van der Waals surface area contributed by atoms with Crippen LogP contribution in [-0.2, 0) is 4.79 Å². The maximum Gasteiger partial charge on any atom is 0.370 e. The van der Waals surface area contributed by atoms with Crippen LogP contribution in [0.1, 0.15) is 11.9 Å². The van der Waals surface area contributed by atoms with Crippen LogP contribution in [0.3, 0.4) is 0 Å². The zero-order valence-corrected chi connectivity index (χ0v) is 8.70. The van der Waals surface area contributed by atoms with E-state index in [1.165, 1.54) is 0 Å². The molecule has 0 fully saturated rings. The molecule has 2 aromatic rings. The second kappa shape index (κ2) is 4.31. The maximum atomic E-state index is 10.4. The number of carboxylic acid groups (broad SMARTS) is 1. The summed E-state index contributed by atoms with van der Waals surface area (Å²) >= 11 is 0. The highest BCUT2D eigenvalue weighted by molar-refractivity contribution is 5.84. The molecule has 0 amide bonds. The highest BCUT2D eigenvalue weighted by Gasteiger charge is 2.14.